The van der Waals surface area contributed by atoms with Gasteiger partial charge >= 0.3 is 0 Å². The zero-order valence-electron chi connectivity index (χ0n) is 15.5. The van der Waals surface area contributed by atoms with Gasteiger partial charge in [0.2, 0.25) is 0 Å². The smallest absolute Gasteiger partial charge is 0.157 e. The largest absolute Gasteiger partial charge is 0.463 e. The lowest BCUT2D eigenvalue weighted by Gasteiger charge is -2.39. The highest BCUT2D eigenvalue weighted by Gasteiger charge is 2.33. The molecule has 3 heteroatoms. The standard InChI is InChI=1S/C20H35NO2/c1-16(2)7-8-17(18-10-13-23-20(3,4)14-18)9-11-21-15-19-6-5-12-22-19/h5-6,12,16-18,21H,7-11,13-15H2,1-4H3/p+1/t17-,18-/m0/s1. The third-order valence-electron chi connectivity index (χ3n) is 5.18. The highest BCUT2D eigenvalue weighted by Crippen LogP contribution is 2.36. The van der Waals surface area contributed by atoms with Gasteiger partial charge in [0, 0.05) is 6.61 Å². The third kappa shape index (κ3) is 6.68. The maximum Gasteiger partial charge on any atom is 0.157 e. The summed E-state index contributed by atoms with van der Waals surface area (Å²) in [4.78, 5) is 0. The van der Waals surface area contributed by atoms with E-state index < -0.39 is 0 Å². The third-order valence-corrected chi connectivity index (χ3v) is 5.18. The van der Waals surface area contributed by atoms with Crippen LogP contribution in [-0.4, -0.2) is 18.8 Å². The fourth-order valence-corrected chi connectivity index (χ4v) is 3.85. The van der Waals surface area contributed by atoms with Crippen LogP contribution in [0.4, 0.5) is 0 Å². The minimum atomic E-state index is 0.0663. The maximum absolute atomic E-state index is 5.93. The van der Waals surface area contributed by atoms with Crippen molar-refractivity contribution in [1.29, 1.82) is 0 Å². The van der Waals surface area contributed by atoms with Gasteiger partial charge in [-0.2, -0.15) is 0 Å². The van der Waals surface area contributed by atoms with Crippen LogP contribution in [0.25, 0.3) is 0 Å². The average Bonchev–Trinajstić information content (AvgIpc) is 2.98. The Bertz CT molecular complexity index is 425. The monoisotopic (exact) mass is 322 g/mol. The van der Waals surface area contributed by atoms with Gasteiger partial charge in [-0.15, -0.1) is 0 Å². The van der Waals surface area contributed by atoms with Crippen molar-refractivity contribution in [2.24, 2.45) is 17.8 Å². The Labute approximate surface area is 142 Å². The minimum absolute atomic E-state index is 0.0663. The van der Waals surface area contributed by atoms with Gasteiger partial charge in [-0.3, -0.25) is 0 Å². The quantitative estimate of drug-likeness (QED) is 0.698. The minimum Gasteiger partial charge on any atom is -0.463 e. The van der Waals surface area contributed by atoms with Crippen LogP contribution in [0.15, 0.2) is 22.8 Å². The first-order valence-corrected chi connectivity index (χ1v) is 9.44. The second-order valence-electron chi connectivity index (χ2n) is 8.24. The Balaban J connectivity index is 1.80. The van der Waals surface area contributed by atoms with E-state index in [9.17, 15) is 0 Å². The molecule has 2 heterocycles. The molecule has 1 aliphatic rings. The molecule has 0 saturated carbocycles. The topological polar surface area (TPSA) is 39.0 Å². The molecule has 132 valence electrons. The second-order valence-corrected chi connectivity index (χ2v) is 8.24. The number of nitrogens with two attached hydrogens (primary N) is 1. The molecule has 1 aromatic rings. The Morgan fingerprint density at radius 1 is 1.26 bits per heavy atom. The van der Waals surface area contributed by atoms with Crippen LogP contribution >= 0.6 is 0 Å². The maximum atomic E-state index is 5.93. The van der Waals surface area contributed by atoms with Crippen LogP contribution in [0.3, 0.4) is 0 Å². The van der Waals surface area contributed by atoms with Gasteiger partial charge in [0.1, 0.15) is 6.54 Å². The van der Waals surface area contributed by atoms with Crippen LogP contribution in [-0.2, 0) is 11.3 Å². The van der Waals surface area contributed by atoms with Gasteiger partial charge in [0.15, 0.2) is 5.76 Å². The van der Waals surface area contributed by atoms with Crippen molar-refractivity contribution in [1.82, 2.24) is 0 Å². The van der Waals surface area contributed by atoms with Crippen molar-refractivity contribution in [3.8, 4) is 0 Å². The van der Waals surface area contributed by atoms with Crippen molar-refractivity contribution < 1.29 is 14.5 Å². The van der Waals surface area contributed by atoms with E-state index in [0.717, 1.165) is 36.7 Å². The first kappa shape index (κ1) is 18.5. The first-order chi connectivity index (χ1) is 11.0. The van der Waals surface area contributed by atoms with Crippen LogP contribution in [0.2, 0.25) is 0 Å². The summed E-state index contributed by atoms with van der Waals surface area (Å²) in [6.07, 6.45) is 8.25. The van der Waals surface area contributed by atoms with Crippen LogP contribution in [0.5, 0.6) is 0 Å². The van der Waals surface area contributed by atoms with Gasteiger partial charge in [-0.25, -0.2) is 0 Å². The van der Waals surface area contributed by atoms with E-state index in [1.165, 1.54) is 38.6 Å². The highest BCUT2D eigenvalue weighted by atomic mass is 16.5. The highest BCUT2D eigenvalue weighted by molar-refractivity contribution is 4.95. The van der Waals surface area contributed by atoms with E-state index in [-0.39, 0.29) is 5.60 Å². The molecular formula is C20H36NO2+. The van der Waals surface area contributed by atoms with Crippen molar-refractivity contribution in [3.63, 3.8) is 0 Å². The summed E-state index contributed by atoms with van der Waals surface area (Å²) >= 11 is 0. The van der Waals surface area contributed by atoms with Crippen molar-refractivity contribution in [2.45, 2.75) is 71.9 Å². The summed E-state index contributed by atoms with van der Waals surface area (Å²) in [5, 5.41) is 2.39. The average molecular weight is 323 g/mol. The van der Waals surface area contributed by atoms with E-state index in [1.54, 1.807) is 6.26 Å². The molecule has 3 nitrogen and oxygen atoms in total. The SMILES string of the molecule is CC(C)CC[C@@H](CC[NH2+]Cc1ccco1)[C@H]1CCOC(C)(C)C1. The predicted octanol–water partition coefficient (Wildman–Crippen LogP) is 3.99. The summed E-state index contributed by atoms with van der Waals surface area (Å²) in [6.45, 7) is 12.3. The Morgan fingerprint density at radius 3 is 2.74 bits per heavy atom. The fourth-order valence-electron chi connectivity index (χ4n) is 3.85. The van der Waals surface area contributed by atoms with Crippen LogP contribution in [0, 0.1) is 17.8 Å². The van der Waals surface area contributed by atoms with E-state index >= 15 is 0 Å². The molecule has 1 fully saturated rings. The molecule has 0 aliphatic carbocycles. The van der Waals surface area contributed by atoms with E-state index in [0.29, 0.717) is 0 Å². The zero-order valence-corrected chi connectivity index (χ0v) is 15.5. The number of hydrogen-bond acceptors (Lipinski definition) is 2. The summed E-state index contributed by atoms with van der Waals surface area (Å²) in [5.41, 5.74) is 0.0663. The molecule has 0 radical (unpaired) electrons. The number of ether oxygens (including phenoxy) is 1. The fraction of sp³-hybridized carbons (Fsp3) is 0.800. The van der Waals surface area contributed by atoms with Crippen molar-refractivity contribution in [2.75, 3.05) is 13.2 Å². The second kappa shape index (κ2) is 8.89. The lowest BCUT2D eigenvalue weighted by Crippen LogP contribution is -2.82. The molecule has 0 bridgehead atoms. The summed E-state index contributed by atoms with van der Waals surface area (Å²) in [5.74, 6) is 3.55. The molecule has 2 rings (SSSR count). The molecule has 0 aromatic carbocycles. The number of furan rings is 1. The Hall–Kier alpha value is -0.800. The molecule has 1 saturated heterocycles. The molecule has 0 spiro atoms. The van der Waals surface area contributed by atoms with Gasteiger partial charge in [0.25, 0.3) is 0 Å². The summed E-state index contributed by atoms with van der Waals surface area (Å²) in [7, 11) is 0. The molecular weight excluding hydrogens is 286 g/mol. The molecule has 0 unspecified atom stereocenters. The number of quaternary nitrogens is 1. The molecule has 1 aliphatic heterocycles. The molecule has 2 atom stereocenters. The number of rotatable bonds is 9. The summed E-state index contributed by atoms with van der Waals surface area (Å²) < 4.78 is 11.3. The Kier molecular flexibility index (Phi) is 7.16. The van der Waals surface area contributed by atoms with Crippen molar-refractivity contribution in [3.05, 3.63) is 24.2 Å². The van der Waals surface area contributed by atoms with E-state index in [1.807, 2.05) is 6.07 Å². The first-order valence-electron chi connectivity index (χ1n) is 9.44. The predicted molar refractivity (Wildman–Crippen MR) is 94.1 cm³/mol. The van der Waals surface area contributed by atoms with Gasteiger partial charge in [0.05, 0.1) is 18.4 Å². The molecule has 2 N–H and O–H groups in total. The lowest BCUT2D eigenvalue weighted by molar-refractivity contribution is -0.673. The summed E-state index contributed by atoms with van der Waals surface area (Å²) in [6, 6.07) is 4.03. The number of hydrogen-bond donors (Lipinski definition) is 1. The van der Waals surface area contributed by atoms with Crippen LogP contribution in [0.1, 0.15) is 65.6 Å². The normalized spacial score (nSPS) is 22.4. The van der Waals surface area contributed by atoms with E-state index in [2.05, 4.69) is 39.1 Å². The lowest BCUT2D eigenvalue weighted by atomic mass is 9.75. The molecule has 0 amide bonds. The zero-order chi connectivity index (χ0) is 16.7. The van der Waals surface area contributed by atoms with Gasteiger partial charge in [-0.1, -0.05) is 20.3 Å². The molecule has 1 aromatic heterocycles. The Morgan fingerprint density at radius 2 is 2.09 bits per heavy atom. The van der Waals surface area contributed by atoms with Crippen LogP contribution < -0.4 is 5.32 Å². The van der Waals surface area contributed by atoms with Crippen molar-refractivity contribution >= 4 is 0 Å². The molecule has 23 heavy (non-hydrogen) atoms. The van der Waals surface area contributed by atoms with Gasteiger partial charge < -0.3 is 14.5 Å². The van der Waals surface area contributed by atoms with E-state index in [4.69, 9.17) is 9.15 Å². The van der Waals surface area contributed by atoms with Gasteiger partial charge in [-0.05, 0) is 69.4 Å².